The van der Waals surface area contributed by atoms with E-state index in [9.17, 15) is 0 Å². The van der Waals surface area contributed by atoms with Gasteiger partial charge in [0.15, 0.2) is 0 Å². The Morgan fingerprint density at radius 2 is 1.57 bits per heavy atom. The molecule has 1 saturated heterocycles. The van der Waals surface area contributed by atoms with E-state index in [2.05, 4.69) is 77.7 Å². The van der Waals surface area contributed by atoms with E-state index in [1.54, 1.807) is 0 Å². The van der Waals surface area contributed by atoms with Crippen LogP contribution in [0.1, 0.15) is 39.3 Å². The molecule has 118 valence electrons. The van der Waals surface area contributed by atoms with Crippen LogP contribution in [0, 0.1) is 0 Å². The first-order valence-electron chi connectivity index (χ1n) is 7.79. The average molecular weight is 354 g/mol. The van der Waals surface area contributed by atoms with Gasteiger partial charge < -0.3 is 5.73 Å². The van der Waals surface area contributed by atoms with E-state index >= 15 is 0 Å². The number of nitrogens with two attached hydrogens (primary N) is 1. The number of nitrogens with zero attached hydrogens (tertiary/aromatic N) is 2. The van der Waals surface area contributed by atoms with Crippen LogP contribution in [-0.2, 0) is 0 Å². The Balaban J connectivity index is 2.09. The first-order chi connectivity index (χ1) is 9.79. The van der Waals surface area contributed by atoms with Crippen LogP contribution in [0.15, 0.2) is 28.7 Å². The van der Waals surface area contributed by atoms with E-state index in [0.29, 0.717) is 6.04 Å². The second-order valence-corrected chi connectivity index (χ2v) is 7.97. The lowest BCUT2D eigenvalue weighted by Crippen LogP contribution is -2.55. The van der Waals surface area contributed by atoms with Crippen molar-refractivity contribution in [3.05, 3.63) is 34.3 Å². The van der Waals surface area contributed by atoms with Gasteiger partial charge in [-0.25, -0.2) is 0 Å². The SMILES string of the molecule is CC(N)C(c1ccc(Br)cc1)N1CCN(C(C)(C)C)CC1. The normalized spacial score (nSPS) is 21.2. The van der Waals surface area contributed by atoms with E-state index in [1.165, 1.54) is 5.56 Å². The second kappa shape index (κ2) is 6.78. The average Bonchev–Trinajstić information content (AvgIpc) is 2.40. The van der Waals surface area contributed by atoms with Crippen LogP contribution >= 0.6 is 15.9 Å². The Morgan fingerprint density at radius 3 is 2.00 bits per heavy atom. The molecule has 1 aliphatic heterocycles. The Kier molecular flexibility index (Phi) is 5.47. The molecule has 0 aliphatic carbocycles. The topological polar surface area (TPSA) is 32.5 Å². The summed E-state index contributed by atoms with van der Waals surface area (Å²) in [5, 5.41) is 0. The summed E-state index contributed by atoms with van der Waals surface area (Å²) in [5.74, 6) is 0. The predicted molar refractivity (Wildman–Crippen MR) is 93.4 cm³/mol. The minimum absolute atomic E-state index is 0.132. The fourth-order valence-corrected chi connectivity index (χ4v) is 3.44. The standard InChI is InChI=1S/C17H28BrN3/c1-13(19)16(14-5-7-15(18)8-6-14)20-9-11-21(12-10-20)17(2,3)4/h5-8,13,16H,9-12,19H2,1-4H3. The second-order valence-electron chi connectivity index (χ2n) is 7.05. The van der Waals surface area contributed by atoms with Crippen molar-refractivity contribution in [1.29, 1.82) is 0 Å². The fourth-order valence-electron chi connectivity index (χ4n) is 3.18. The molecule has 0 bridgehead atoms. The first-order valence-corrected chi connectivity index (χ1v) is 8.58. The molecule has 21 heavy (non-hydrogen) atoms. The maximum atomic E-state index is 6.29. The number of benzene rings is 1. The molecule has 2 unspecified atom stereocenters. The molecule has 0 spiro atoms. The molecule has 2 rings (SSSR count). The largest absolute Gasteiger partial charge is 0.326 e. The zero-order chi connectivity index (χ0) is 15.6. The molecule has 0 amide bonds. The summed E-state index contributed by atoms with van der Waals surface area (Å²) >= 11 is 3.51. The minimum atomic E-state index is 0.132. The van der Waals surface area contributed by atoms with Crippen LogP contribution in [0.2, 0.25) is 0 Å². The molecule has 1 aromatic rings. The van der Waals surface area contributed by atoms with Crippen LogP contribution in [0.4, 0.5) is 0 Å². The third kappa shape index (κ3) is 4.28. The van der Waals surface area contributed by atoms with Gasteiger partial charge in [0, 0.05) is 48.3 Å². The monoisotopic (exact) mass is 353 g/mol. The van der Waals surface area contributed by atoms with Gasteiger partial charge in [-0.3, -0.25) is 9.80 Å². The number of hydrogen-bond donors (Lipinski definition) is 1. The molecule has 1 heterocycles. The molecular formula is C17H28BrN3. The Morgan fingerprint density at radius 1 is 1.05 bits per heavy atom. The van der Waals surface area contributed by atoms with Gasteiger partial charge in [-0.1, -0.05) is 28.1 Å². The molecule has 1 fully saturated rings. The lowest BCUT2D eigenvalue weighted by Gasteiger charge is -2.45. The maximum absolute atomic E-state index is 6.29. The summed E-state index contributed by atoms with van der Waals surface area (Å²) in [7, 11) is 0. The van der Waals surface area contributed by atoms with Crippen molar-refractivity contribution in [2.75, 3.05) is 26.2 Å². The van der Waals surface area contributed by atoms with Gasteiger partial charge >= 0.3 is 0 Å². The molecule has 0 aromatic heterocycles. The van der Waals surface area contributed by atoms with E-state index in [-0.39, 0.29) is 11.6 Å². The Hall–Kier alpha value is -0.420. The van der Waals surface area contributed by atoms with Crippen LogP contribution in [0.3, 0.4) is 0 Å². The number of halogens is 1. The zero-order valence-electron chi connectivity index (χ0n) is 13.6. The summed E-state index contributed by atoms with van der Waals surface area (Å²) in [4.78, 5) is 5.10. The molecule has 2 atom stereocenters. The Labute approximate surface area is 137 Å². The zero-order valence-corrected chi connectivity index (χ0v) is 15.2. The first kappa shape index (κ1) is 16.9. The van der Waals surface area contributed by atoms with Gasteiger partial charge in [-0.15, -0.1) is 0 Å². The quantitative estimate of drug-likeness (QED) is 0.904. The third-order valence-electron chi connectivity index (χ3n) is 4.37. The summed E-state index contributed by atoms with van der Waals surface area (Å²) in [5.41, 5.74) is 7.87. The third-order valence-corrected chi connectivity index (χ3v) is 4.89. The van der Waals surface area contributed by atoms with Crippen LogP contribution in [0.5, 0.6) is 0 Å². The highest BCUT2D eigenvalue weighted by molar-refractivity contribution is 9.10. The van der Waals surface area contributed by atoms with E-state index in [1.807, 2.05) is 0 Å². The summed E-state index contributed by atoms with van der Waals surface area (Å²) in [6, 6.07) is 9.03. The highest BCUT2D eigenvalue weighted by Gasteiger charge is 2.31. The van der Waals surface area contributed by atoms with Gasteiger partial charge in [0.25, 0.3) is 0 Å². The van der Waals surface area contributed by atoms with E-state index < -0.39 is 0 Å². The van der Waals surface area contributed by atoms with Crippen molar-refractivity contribution < 1.29 is 0 Å². The van der Waals surface area contributed by atoms with Crippen LogP contribution in [-0.4, -0.2) is 47.6 Å². The van der Waals surface area contributed by atoms with Gasteiger partial charge in [0.2, 0.25) is 0 Å². The van der Waals surface area contributed by atoms with Gasteiger partial charge in [0.05, 0.1) is 0 Å². The number of hydrogen-bond acceptors (Lipinski definition) is 3. The lowest BCUT2D eigenvalue weighted by atomic mass is 9.97. The molecule has 1 aliphatic rings. The van der Waals surface area contributed by atoms with Crippen LogP contribution in [0.25, 0.3) is 0 Å². The Bertz CT molecular complexity index is 442. The van der Waals surface area contributed by atoms with Crippen molar-refractivity contribution in [3.8, 4) is 0 Å². The molecule has 4 heteroatoms. The van der Waals surface area contributed by atoms with E-state index in [0.717, 1.165) is 30.7 Å². The molecule has 1 aromatic carbocycles. The number of rotatable bonds is 3. The maximum Gasteiger partial charge on any atom is 0.0497 e. The minimum Gasteiger partial charge on any atom is -0.326 e. The van der Waals surface area contributed by atoms with Gasteiger partial charge in [-0.05, 0) is 45.4 Å². The van der Waals surface area contributed by atoms with Crippen molar-refractivity contribution >= 4 is 15.9 Å². The van der Waals surface area contributed by atoms with Gasteiger partial charge in [-0.2, -0.15) is 0 Å². The summed E-state index contributed by atoms with van der Waals surface area (Å²) < 4.78 is 1.12. The molecule has 0 radical (unpaired) electrons. The van der Waals surface area contributed by atoms with Crippen molar-refractivity contribution in [1.82, 2.24) is 9.80 Å². The van der Waals surface area contributed by atoms with Crippen molar-refractivity contribution in [2.45, 2.75) is 45.3 Å². The van der Waals surface area contributed by atoms with E-state index in [4.69, 9.17) is 5.73 Å². The lowest BCUT2D eigenvalue weighted by molar-refractivity contribution is 0.0369. The predicted octanol–water partition coefficient (Wildman–Crippen LogP) is 3.25. The van der Waals surface area contributed by atoms with Crippen molar-refractivity contribution in [2.24, 2.45) is 5.73 Å². The highest BCUT2D eigenvalue weighted by atomic mass is 79.9. The molecule has 3 nitrogen and oxygen atoms in total. The van der Waals surface area contributed by atoms with Gasteiger partial charge in [0.1, 0.15) is 0 Å². The highest BCUT2D eigenvalue weighted by Crippen LogP contribution is 2.27. The van der Waals surface area contributed by atoms with Crippen molar-refractivity contribution in [3.63, 3.8) is 0 Å². The smallest absolute Gasteiger partial charge is 0.0497 e. The summed E-state index contributed by atoms with van der Waals surface area (Å²) in [6.07, 6.45) is 0. The molecule has 0 saturated carbocycles. The van der Waals surface area contributed by atoms with Crippen LogP contribution < -0.4 is 5.73 Å². The molecule has 2 N–H and O–H groups in total. The molecular weight excluding hydrogens is 326 g/mol. The number of piperazine rings is 1. The summed E-state index contributed by atoms with van der Waals surface area (Å²) in [6.45, 7) is 13.4. The fraction of sp³-hybridized carbons (Fsp3) is 0.647.